The molecule has 0 bridgehead atoms. The maximum Gasteiger partial charge on any atom is 0.129 e. The van der Waals surface area contributed by atoms with Gasteiger partial charge in [0.2, 0.25) is 0 Å². The van der Waals surface area contributed by atoms with Crippen molar-refractivity contribution < 1.29 is 0 Å². The van der Waals surface area contributed by atoms with E-state index in [-0.39, 0.29) is 0 Å². The highest BCUT2D eigenvalue weighted by molar-refractivity contribution is 6.31. The van der Waals surface area contributed by atoms with Gasteiger partial charge >= 0.3 is 0 Å². The van der Waals surface area contributed by atoms with Crippen molar-refractivity contribution in [3.05, 3.63) is 22.8 Å². The van der Waals surface area contributed by atoms with Gasteiger partial charge in [0.25, 0.3) is 0 Å². The molecule has 2 N–H and O–H groups in total. The van der Waals surface area contributed by atoms with E-state index in [1.54, 1.807) is 6.20 Å². The molecule has 1 saturated carbocycles. The molecule has 0 aliphatic heterocycles. The summed E-state index contributed by atoms with van der Waals surface area (Å²) in [5.41, 5.74) is 6.75. The van der Waals surface area contributed by atoms with E-state index in [2.05, 4.69) is 29.8 Å². The minimum Gasteiger partial charge on any atom is -0.354 e. The SMILES string of the molecule is CC(C)CCN(c1cc(CN)c(Cl)cn1)C1CCCC1. The van der Waals surface area contributed by atoms with Crippen LogP contribution in [0.4, 0.5) is 5.82 Å². The average Bonchev–Trinajstić information content (AvgIpc) is 2.94. The van der Waals surface area contributed by atoms with E-state index in [0.717, 1.165) is 17.9 Å². The van der Waals surface area contributed by atoms with Crippen LogP contribution >= 0.6 is 11.6 Å². The fourth-order valence-corrected chi connectivity index (χ4v) is 3.06. The van der Waals surface area contributed by atoms with Crippen LogP contribution in [-0.2, 0) is 6.54 Å². The first-order chi connectivity index (χ1) is 9.61. The molecule has 0 unspecified atom stereocenters. The topological polar surface area (TPSA) is 42.1 Å². The number of anilines is 1. The monoisotopic (exact) mass is 295 g/mol. The van der Waals surface area contributed by atoms with Crippen molar-refractivity contribution >= 4 is 17.4 Å². The molecule has 1 aliphatic carbocycles. The average molecular weight is 296 g/mol. The molecule has 0 saturated heterocycles. The van der Waals surface area contributed by atoms with E-state index in [9.17, 15) is 0 Å². The lowest BCUT2D eigenvalue weighted by Gasteiger charge is -2.31. The first-order valence-electron chi connectivity index (χ1n) is 7.73. The first kappa shape index (κ1) is 15.6. The number of aromatic nitrogens is 1. The van der Waals surface area contributed by atoms with E-state index >= 15 is 0 Å². The van der Waals surface area contributed by atoms with E-state index in [4.69, 9.17) is 17.3 Å². The molecule has 0 aromatic carbocycles. The molecule has 0 atom stereocenters. The number of hydrogen-bond donors (Lipinski definition) is 1. The molecule has 1 fully saturated rings. The van der Waals surface area contributed by atoms with Crippen LogP contribution < -0.4 is 10.6 Å². The predicted molar refractivity (Wildman–Crippen MR) is 86.2 cm³/mol. The molecular weight excluding hydrogens is 270 g/mol. The Kier molecular flexibility index (Phi) is 5.67. The molecule has 1 aromatic heterocycles. The maximum absolute atomic E-state index is 6.13. The number of nitrogens with two attached hydrogens (primary N) is 1. The van der Waals surface area contributed by atoms with Gasteiger partial charge in [0.15, 0.2) is 0 Å². The molecule has 112 valence electrons. The number of hydrogen-bond acceptors (Lipinski definition) is 3. The lowest BCUT2D eigenvalue weighted by atomic mass is 10.1. The van der Waals surface area contributed by atoms with Gasteiger partial charge in [-0.3, -0.25) is 0 Å². The highest BCUT2D eigenvalue weighted by Crippen LogP contribution is 2.29. The van der Waals surface area contributed by atoms with E-state index in [1.807, 2.05) is 0 Å². The summed E-state index contributed by atoms with van der Waals surface area (Å²) < 4.78 is 0. The summed E-state index contributed by atoms with van der Waals surface area (Å²) in [5.74, 6) is 1.75. The fourth-order valence-electron chi connectivity index (χ4n) is 2.88. The molecule has 2 rings (SSSR count). The first-order valence-corrected chi connectivity index (χ1v) is 8.10. The summed E-state index contributed by atoms with van der Waals surface area (Å²) in [5, 5.41) is 0.673. The van der Waals surface area contributed by atoms with Crippen molar-refractivity contribution in [3.63, 3.8) is 0 Å². The van der Waals surface area contributed by atoms with Crippen LogP contribution in [0.5, 0.6) is 0 Å². The highest BCUT2D eigenvalue weighted by Gasteiger charge is 2.24. The Morgan fingerprint density at radius 1 is 1.40 bits per heavy atom. The lowest BCUT2D eigenvalue weighted by Crippen LogP contribution is -2.35. The summed E-state index contributed by atoms with van der Waals surface area (Å²) in [6, 6.07) is 2.70. The lowest BCUT2D eigenvalue weighted by molar-refractivity contribution is 0.525. The quantitative estimate of drug-likeness (QED) is 0.863. The smallest absolute Gasteiger partial charge is 0.129 e. The van der Waals surface area contributed by atoms with Crippen LogP contribution in [0.3, 0.4) is 0 Å². The fraction of sp³-hybridized carbons (Fsp3) is 0.688. The van der Waals surface area contributed by atoms with Crippen LogP contribution in [-0.4, -0.2) is 17.6 Å². The van der Waals surface area contributed by atoms with Crippen LogP contribution in [0.2, 0.25) is 5.02 Å². The third-order valence-electron chi connectivity index (χ3n) is 4.15. The largest absolute Gasteiger partial charge is 0.354 e. The molecule has 0 radical (unpaired) electrons. The minimum atomic E-state index is 0.469. The van der Waals surface area contributed by atoms with Gasteiger partial charge in [0, 0.05) is 25.3 Å². The molecule has 0 amide bonds. The van der Waals surface area contributed by atoms with Gasteiger partial charge in [-0.05, 0) is 36.8 Å². The summed E-state index contributed by atoms with van der Waals surface area (Å²) >= 11 is 6.13. The molecule has 4 heteroatoms. The van der Waals surface area contributed by atoms with Crippen molar-refractivity contribution in [3.8, 4) is 0 Å². The Hall–Kier alpha value is -0.800. The van der Waals surface area contributed by atoms with Gasteiger partial charge in [0.05, 0.1) is 5.02 Å². The summed E-state index contributed by atoms with van der Waals surface area (Å²) in [6.07, 6.45) is 8.16. The molecule has 1 aliphatic rings. The van der Waals surface area contributed by atoms with Crippen molar-refractivity contribution in [1.29, 1.82) is 0 Å². The van der Waals surface area contributed by atoms with E-state index < -0.39 is 0 Å². The zero-order valence-electron chi connectivity index (χ0n) is 12.6. The van der Waals surface area contributed by atoms with Crippen LogP contribution in [0, 0.1) is 5.92 Å². The third-order valence-corrected chi connectivity index (χ3v) is 4.49. The van der Waals surface area contributed by atoms with Crippen molar-refractivity contribution in [2.45, 2.75) is 58.5 Å². The van der Waals surface area contributed by atoms with Crippen molar-refractivity contribution in [2.75, 3.05) is 11.4 Å². The van der Waals surface area contributed by atoms with Gasteiger partial charge < -0.3 is 10.6 Å². The minimum absolute atomic E-state index is 0.469. The molecule has 0 spiro atoms. The Balaban J connectivity index is 2.20. The van der Waals surface area contributed by atoms with Crippen LogP contribution in [0.25, 0.3) is 0 Å². The number of rotatable bonds is 6. The predicted octanol–water partition coefficient (Wildman–Crippen LogP) is 3.99. The van der Waals surface area contributed by atoms with Gasteiger partial charge in [0.1, 0.15) is 5.82 Å². The van der Waals surface area contributed by atoms with Gasteiger partial charge in [-0.2, -0.15) is 0 Å². The normalized spacial score (nSPS) is 16.1. The van der Waals surface area contributed by atoms with Crippen LogP contribution in [0.15, 0.2) is 12.3 Å². The third kappa shape index (κ3) is 3.86. The van der Waals surface area contributed by atoms with E-state index in [0.29, 0.717) is 23.5 Å². The molecule has 1 heterocycles. The van der Waals surface area contributed by atoms with Gasteiger partial charge in [-0.1, -0.05) is 38.3 Å². The summed E-state index contributed by atoms with van der Waals surface area (Å²) in [4.78, 5) is 7.02. The number of pyridine rings is 1. The Bertz CT molecular complexity index is 428. The Labute approximate surface area is 127 Å². The second-order valence-corrected chi connectivity index (χ2v) is 6.56. The van der Waals surface area contributed by atoms with Crippen LogP contribution in [0.1, 0.15) is 51.5 Å². The molecule has 20 heavy (non-hydrogen) atoms. The summed E-state index contributed by atoms with van der Waals surface area (Å²) in [6.45, 7) is 6.08. The number of nitrogens with zero attached hydrogens (tertiary/aromatic N) is 2. The van der Waals surface area contributed by atoms with Gasteiger partial charge in [-0.15, -0.1) is 0 Å². The zero-order chi connectivity index (χ0) is 14.5. The maximum atomic E-state index is 6.13. The Morgan fingerprint density at radius 3 is 2.70 bits per heavy atom. The standard InChI is InChI=1S/C16H26ClN3/c1-12(2)7-8-20(14-5-3-4-6-14)16-9-13(10-18)15(17)11-19-16/h9,11-12,14H,3-8,10,18H2,1-2H3. The molecule has 1 aromatic rings. The number of halogens is 1. The Morgan fingerprint density at radius 2 is 2.10 bits per heavy atom. The molecular formula is C16H26ClN3. The van der Waals surface area contributed by atoms with Gasteiger partial charge in [-0.25, -0.2) is 4.98 Å². The van der Waals surface area contributed by atoms with Crippen molar-refractivity contribution in [2.24, 2.45) is 11.7 Å². The van der Waals surface area contributed by atoms with E-state index in [1.165, 1.54) is 32.1 Å². The highest BCUT2D eigenvalue weighted by atomic mass is 35.5. The second-order valence-electron chi connectivity index (χ2n) is 6.15. The molecule has 3 nitrogen and oxygen atoms in total. The summed E-state index contributed by atoms with van der Waals surface area (Å²) in [7, 11) is 0. The zero-order valence-corrected chi connectivity index (χ0v) is 13.4. The second kappa shape index (κ2) is 7.28. The van der Waals surface area contributed by atoms with Crippen molar-refractivity contribution in [1.82, 2.24) is 4.98 Å².